The minimum absolute atomic E-state index is 0.0649. The Hall–Kier alpha value is -2.89. The molecule has 2 aromatic rings. The molecule has 150 valence electrons. The summed E-state index contributed by atoms with van der Waals surface area (Å²) in [5.74, 6) is -0.731. The van der Waals surface area contributed by atoms with E-state index in [1.807, 2.05) is 39.8 Å². The zero-order valence-electron chi connectivity index (χ0n) is 16.8. The monoisotopic (exact) mass is 386 g/mol. The summed E-state index contributed by atoms with van der Waals surface area (Å²) in [6.07, 6.45) is -0.479. The molecule has 1 N–H and O–H groups in total. The summed E-state index contributed by atoms with van der Waals surface area (Å²) in [6.45, 7) is 8.07. The predicted octanol–water partition coefficient (Wildman–Crippen LogP) is 4.76. The number of anilines is 1. The number of rotatable bonds is 6. The lowest BCUT2D eigenvalue weighted by molar-refractivity contribution is -0.115. The molecule has 0 bridgehead atoms. The number of halogens is 1. The third kappa shape index (κ3) is 6.37. The molecule has 0 aliphatic rings. The molecule has 0 aromatic heterocycles. The highest BCUT2D eigenvalue weighted by molar-refractivity contribution is 5.93. The SMILES string of the molecule is CCN(Cc1ccccc1NC(=O)Cc1ccccc1F)C(=O)OC(C)(C)C. The van der Waals surface area contributed by atoms with Crippen LogP contribution in [0.4, 0.5) is 14.9 Å². The maximum Gasteiger partial charge on any atom is 0.410 e. The Balaban J connectivity index is 2.10. The quantitative estimate of drug-likeness (QED) is 0.778. The Morgan fingerprint density at radius 2 is 1.64 bits per heavy atom. The second kappa shape index (κ2) is 9.35. The lowest BCUT2D eigenvalue weighted by Crippen LogP contribution is -2.36. The molecule has 6 heteroatoms. The minimum Gasteiger partial charge on any atom is -0.444 e. The summed E-state index contributed by atoms with van der Waals surface area (Å²) in [7, 11) is 0. The van der Waals surface area contributed by atoms with Crippen molar-refractivity contribution in [2.45, 2.75) is 46.3 Å². The third-order valence-corrected chi connectivity index (χ3v) is 3.99. The topological polar surface area (TPSA) is 58.6 Å². The van der Waals surface area contributed by atoms with Crippen molar-refractivity contribution in [1.29, 1.82) is 0 Å². The van der Waals surface area contributed by atoms with Gasteiger partial charge in [-0.2, -0.15) is 0 Å². The number of hydrogen-bond acceptors (Lipinski definition) is 3. The first kappa shape index (κ1) is 21.4. The fourth-order valence-electron chi connectivity index (χ4n) is 2.63. The third-order valence-electron chi connectivity index (χ3n) is 3.99. The Labute approximate surface area is 165 Å². The smallest absolute Gasteiger partial charge is 0.410 e. The second-order valence-electron chi connectivity index (χ2n) is 7.47. The van der Waals surface area contributed by atoms with Crippen LogP contribution in [0.2, 0.25) is 0 Å². The Morgan fingerprint density at radius 3 is 2.25 bits per heavy atom. The van der Waals surface area contributed by atoms with Gasteiger partial charge in [-0.15, -0.1) is 0 Å². The van der Waals surface area contributed by atoms with Crippen molar-refractivity contribution < 1.29 is 18.7 Å². The van der Waals surface area contributed by atoms with Crippen molar-refractivity contribution in [3.8, 4) is 0 Å². The van der Waals surface area contributed by atoms with Crippen LogP contribution in [0.1, 0.15) is 38.8 Å². The van der Waals surface area contributed by atoms with Gasteiger partial charge in [0.25, 0.3) is 0 Å². The first-order chi connectivity index (χ1) is 13.2. The van der Waals surface area contributed by atoms with Gasteiger partial charge in [0.05, 0.1) is 13.0 Å². The van der Waals surface area contributed by atoms with Crippen molar-refractivity contribution >= 4 is 17.7 Å². The van der Waals surface area contributed by atoms with Crippen LogP contribution in [0.3, 0.4) is 0 Å². The van der Waals surface area contributed by atoms with Gasteiger partial charge in [0.2, 0.25) is 5.91 Å². The molecule has 0 aliphatic heterocycles. The first-order valence-electron chi connectivity index (χ1n) is 9.28. The second-order valence-corrected chi connectivity index (χ2v) is 7.47. The summed E-state index contributed by atoms with van der Waals surface area (Å²) in [5, 5.41) is 2.82. The van der Waals surface area contributed by atoms with Gasteiger partial charge in [-0.05, 0) is 51.0 Å². The van der Waals surface area contributed by atoms with Gasteiger partial charge < -0.3 is 15.0 Å². The van der Waals surface area contributed by atoms with Gasteiger partial charge in [0.1, 0.15) is 11.4 Å². The summed E-state index contributed by atoms with van der Waals surface area (Å²) in [4.78, 5) is 26.3. The van der Waals surface area contributed by atoms with Crippen molar-refractivity contribution in [2.75, 3.05) is 11.9 Å². The maximum absolute atomic E-state index is 13.8. The molecule has 0 spiro atoms. The zero-order valence-corrected chi connectivity index (χ0v) is 16.8. The van der Waals surface area contributed by atoms with Crippen LogP contribution < -0.4 is 5.32 Å². The van der Waals surface area contributed by atoms with E-state index in [9.17, 15) is 14.0 Å². The predicted molar refractivity (Wildman–Crippen MR) is 107 cm³/mol. The number of nitrogens with one attached hydrogen (secondary N) is 1. The van der Waals surface area contributed by atoms with Crippen molar-refractivity contribution in [3.05, 3.63) is 65.5 Å². The molecule has 0 unspecified atom stereocenters. The number of ether oxygens (including phenoxy) is 1. The molecule has 2 rings (SSSR count). The summed E-state index contributed by atoms with van der Waals surface area (Å²) < 4.78 is 19.2. The fraction of sp³-hybridized carbons (Fsp3) is 0.364. The molecular weight excluding hydrogens is 359 g/mol. The number of para-hydroxylation sites is 1. The number of carbonyl (C=O) groups is 2. The molecule has 2 aromatic carbocycles. The van der Waals surface area contributed by atoms with Crippen LogP contribution in [0.15, 0.2) is 48.5 Å². The number of carbonyl (C=O) groups excluding carboxylic acids is 2. The lowest BCUT2D eigenvalue weighted by Gasteiger charge is -2.27. The van der Waals surface area contributed by atoms with E-state index in [2.05, 4.69) is 5.32 Å². The zero-order chi connectivity index (χ0) is 20.7. The Bertz CT molecular complexity index is 831. The summed E-state index contributed by atoms with van der Waals surface area (Å²) in [6, 6.07) is 13.4. The van der Waals surface area contributed by atoms with Gasteiger partial charge in [0.15, 0.2) is 0 Å². The van der Waals surface area contributed by atoms with Crippen LogP contribution in [-0.2, 0) is 22.5 Å². The standard InChI is InChI=1S/C22H27FN2O3/c1-5-25(21(27)28-22(2,3)4)15-17-11-7-9-13-19(17)24-20(26)14-16-10-6-8-12-18(16)23/h6-13H,5,14-15H2,1-4H3,(H,24,26). The van der Waals surface area contributed by atoms with Gasteiger partial charge in [-0.3, -0.25) is 4.79 Å². The number of hydrogen-bond donors (Lipinski definition) is 1. The van der Waals surface area contributed by atoms with E-state index < -0.39 is 17.5 Å². The van der Waals surface area contributed by atoms with Crippen LogP contribution in [0.5, 0.6) is 0 Å². The number of benzene rings is 2. The lowest BCUT2D eigenvalue weighted by atomic mass is 10.1. The molecule has 0 radical (unpaired) electrons. The summed E-state index contributed by atoms with van der Waals surface area (Å²) in [5.41, 5.74) is 1.11. The Kier molecular flexibility index (Phi) is 7.15. The molecule has 28 heavy (non-hydrogen) atoms. The molecule has 0 atom stereocenters. The van der Waals surface area contributed by atoms with Crippen molar-refractivity contribution in [1.82, 2.24) is 4.90 Å². The van der Waals surface area contributed by atoms with Gasteiger partial charge in [-0.1, -0.05) is 36.4 Å². The van der Waals surface area contributed by atoms with E-state index in [0.29, 0.717) is 24.3 Å². The van der Waals surface area contributed by atoms with Crippen LogP contribution in [0.25, 0.3) is 0 Å². The van der Waals surface area contributed by atoms with Crippen LogP contribution in [-0.4, -0.2) is 29.0 Å². The highest BCUT2D eigenvalue weighted by Crippen LogP contribution is 2.20. The maximum atomic E-state index is 13.8. The summed E-state index contributed by atoms with van der Waals surface area (Å²) >= 11 is 0. The van der Waals surface area contributed by atoms with Gasteiger partial charge in [0, 0.05) is 12.2 Å². The highest BCUT2D eigenvalue weighted by Gasteiger charge is 2.22. The number of amides is 2. The normalized spacial score (nSPS) is 11.0. The van der Waals surface area contributed by atoms with E-state index in [1.54, 1.807) is 35.2 Å². The van der Waals surface area contributed by atoms with E-state index in [4.69, 9.17) is 4.74 Å². The van der Waals surface area contributed by atoms with Gasteiger partial charge >= 0.3 is 6.09 Å². The molecular formula is C22H27FN2O3. The van der Waals surface area contributed by atoms with Crippen molar-refractivity contribution in [2.24, 2.45) is 0 Å². The average molecular weight is 386 g/mol. The van der Waals surface area contributed by atoms with Gasteiger partial charge in [-0.25, -0.2) is 9.18 Å². The largest absolute Gasteiger partial charge is 0.444 e. The Morgan fingerprint density at radius 1 is 1.04 bits per heavy atom. The molecule has 0 saturated heterocycles. The highest BCUT2D eigenvalue weighted by atomic mass is 19.1. The van der Waals surface area contributed by atoms with E-state index >= 15 is 0 Å². The van der Waals surface area contributed by atoms with E-state index in [-0.39, 0.29) is 12.3 Å². The molecule has 5 nitrogen and oxygen atoms in total. The number of nitrogens with zero attached hydrogens (tertiary/aromatic N) is 1. The minimum atomic E-state index is -0.585. The molecule has 0 fully saturated rings. The average Bonchev–Trinajstić information content (AvgIpc) is 2.61. The van der Waals surface area contributed by atoms with Crippen LogP contribution >= 0.6 is 0 Å². The first-order valence-corrected chi connectivity index (χ1v) is 9.28. The van der Waals surface area contributed by atoms with E-state index in [1.165, 1.54) is 6.07 Å². The molecule has 0 saturated carbocycles. The van der Waals surface area contributed by atoms with Crippen LogP contribution in [0, 0.1) is 5.82 Å². The fourth-order valence-corrected chi connectivity index (χ4v) is 2.63. The molecule has 0 heterocycles. The van der Waals surface area contributed by atoms with Crippen molar-refractivity contribution in [3.63, 3.8) is 0 Å². The molecule has 2 amide bonds. The molecule has 0 aliphatic carbocycles. The van der Waals surface area contributed by atoms with E-state index in [0.717, 1.165) is 5.56 Å².